The van der Waals surface area contributed by atoms with Crippen molar-refractivity contribution in [3.8, 4) is 5.75 Å². The molecule has 6 heteroatoms. The first kappa shape index (κ1) is 20.6. The number of hydrogen-bond donors (Lipinski definition) is 2. The van der Waals surface area contributed by atoms with Crippen LogP contribution in [0.4, 0.5) is 5.69 Å². The van der Waals surface area contributed by atoms with Crippen molar-refractivity contribution in [2.24, 2.45) is 5.10 Å². The molecule has 0 heterocycles. The molecular weight excluding hydrogens is 454 g/mol. The highest BCUT2D eigenvalue weighted by Crippen LogP contribution is 2.27. The summed E-state index contributed by atoms with van der Waals surface area (Å²) < 4.78 is 6.83. The van der Waals surface area contributed by atoms with Gasteiger partial charge >= 0.3 is 0 Å². The summed E-state index contributed by atoms with van der Waals surface area (Å²) in [6, 6.07) is 26.9. The van der Waals surface area contributed by atoms with Crippen LogP contribution in [-0.4, -0.2) is 12.1 Å². The molecule has 0 saturated carbocycles. The topological polar surface area (TPSA) is 76.7 Å². The van der Waals surface area contributed by atoms with Gasteiger partial charge in [-0.3, -0.25) is 4.79 Å². The van der Waals surface area contributed by atoms with Crippen molar-refractivity contribution < 1.29 is 9.53 Å². The molecular formula is C25H20BrN3O2. The standard InChI is InChI=1S/C25H20BrN3O2/c26-22-14-17(15-28-29-25(30)21-10-3-4-11-23(21)27)12-13-24(22)31-16-19-8-5-7-18-6-1-2-9-20(18)19/h1-15H,16,27H2,(H,29,30)/b28-15-. The number of rotatable bonds is 6. The minimum Gasteiger partial charge on any atom is -0.488 e. The van der Waals surface area contributed by atoms with E-state index >= 15 is 0 Å². The molecule has 0 aliphatic rings. The van der Waals surface area contributed by atoms with E-state index in [0.29, 0.717) is 17.9 Å². The molecule has 31 heavy (non-hydrogen) atoms. The van der Waals surface area contributed by atoms with Crippen molar-refractivity contribution in [3.63, 3.8) is 0 Å². The molecule has 0 fully saturated rings. The van der Waals surface area contributed by atoms with Gasteiger partial charge in [0.05, 0.1) is 16.3 Å². The second kappa shape index (κ2) is 9.45. The van der Waals surface area contributed by atoms with Crippen molar-refractivity contribution in [1.82, 2.24) is 5.43 Å². The number of halogens is 1. The van der Waals surface area contributed by atoms with Gasteiger partial charge in [0, 0.05) is 5.69 Å². The largest absolute Gasteiger partial charge is 0.488 e. The summed E-state index contributed by atoms with van der Waals surface area (Å²) in [4.78, 5) is 12.2. The van der Waals surface area contributed by atoms with E-state index in [1.165, 1.54) is 10.8 Å². The quantitative estimate of drug-likeness (QED) is 0.219. The highest BCUT2D eigenvalue weighted by molar-refractivity contribution is 9.10. The lowest BCUT2D eigenvalue weighted by molar-refractivity contribution is 0.0956. The first-order chi connectivity index (χ1) is 15.1. The third-order valence-corrected chi connectivity index (χ3v) is 5.42. The van der Waals surface area contributed by atoms with E-state index in [4.69, 9.17) is 10.5 Å². The van der Waals surface area contributed by atoms with Gasteiger partial charge in [-0.1, -0.05) is 54.6 Å². The predicted molar refractivity (Wildman–Crippen MR) is 128 cm³/mol. The number of para-hydroxylation sites is 1. The number of hydrogen-bond acceptors (Lipinski definition) is 4. The summed E-state index contributed by atoms with van der Waals surface area (Å²) in [5, 5.41) is 6.38. The second-order valence-electron chi connectivity index (χ2n) is 6.90. The van der Waals surface area contributed by atoms with E-state index in [1.54, 1.807) is 30.5 Å². The molecule has 0 bridgehead atoms. The van der Waals surface area contributed by atoms with E-state index in [-0.39, 0.29) is 5.91 Å². The average Bonchev–Trinajstić information content (AvgIpc) is 2.79. The fraction of sp³-hybridized carbons (Fsp3) is 0.0400. The van der Waals surface area contributed by atoms with Gasteiger partial charge in [-0.05, 0) is 68.2 Å². The van der Waals surface area contributed by atoms with E-state index in [2.05, 4.69) is 50.7 Å². The van der Waals surface area contributed by atoms with Crippen LogP contribution in [-0.2, 0) is 6.61 Å². The molecule has 5 nitrogen and oxygen atoms in total. The summed E-state index contributed by atoms with van der Waals surface area (Å²) in [5.74, 6) is 0.370. The Morgan fingerprint density at radius 3 is 2.61 bits per heavy atom. The number of hydrazone groups is 1. The highest BCUT2D eigenvalue weighted by atomic mass is 79.9. The molecule has 0 saturated heterocycles. The minimum absolute atomic E-state index is 0.358. The van der Waals surface area contributed by atoms with Crippen LogP contribution < -0.4 is 15.9 Å². The average molecular weight is 474 g/mol. The van der Waals surface area contributed by atoms with E-state index in [1.807, 2.05) is 36.4 Å². The Bertz CT molecular complexity index is 1270. The fourth-order valence-electron chi connectivity index (χ4n) is 3.22. The number of fused-ring (bicyclic) bond motifs is 1. The maximum atomic E-state index is 12.2. The van der Waals surface area contributed by atoms with Gasteiger partial charge in [-0.25, -0.2) is 5.43 Å². The number of nitrogens with zero attached hydrogens (tertiary/aromatic N) is 1. The number of anilines is 1. The van der Waals surface area contributed by atoms with Gasteiger partial charge in [-0.15, -0.1) is 0 Å². The molecule has 0 unspecified atom stereocenters. The number of benzene rings is 4. The van der Waals surface area contributed by atoms with Gasteiger partial charge in [-0.2, -0.15) is 5.10 Å². The Balaban J connectivity index is 1.40. The Kier molecular flexibility index (Phi) is 6.29. The van der Waals surface area contributed by atoms with Crippen LogP contribution in [0, 0.1) is 0 Å². The van der Waals surface area contributed by atoms with Crippen LogP contribution in [0.2, 0.25) is 0 Å². The molecule has 3 N–H and O–H groups in total. The zero-order valence-corrected chi connectivity index (χ0v) is 18.2. The summed E-state index contributed by atoms with van der Waals surface area (Å²) >= 11 is 3.55. The molecule has 1 amide bonds. The molecule has 4 rings (SSSR count). The Labute approximate surface area is 188 Å². The molecule has 0 aliphatic heterocycles. The smallest absolute Gasteiger partial charge is 0.273 e. The van der Waals surface area contributed by atoms with Crippen molar-refractivity contribution in [2.45, 2.75) is 6.61 Å². The molecule has 0 radical (unpaired) electrons. The van der Waals surface area contributed by atoms with Crippen LogP contribution >= 0.6 is 15.9 Å². The van der Waals surface area contributed by atoms with Crippen molar-refractivity contribution in [3.05, 3.63) is 106 Å². The van der Waals surface area contributed by atoms with Crippen LogP contribution in [0.25, 0.3) is 10.8 Å². The number of nitrogen functional groups attached to an aromatic ring is 1. The molecule has 0 atom stereocenters. The number of nitrogens with two attached hydrogens (primary N) is 1. The van der Waals surface area contributed by atoms with Gasteiger partial charge < -0.3 is 10.5 Å². The normalized spacial score (nSPS) is 11.0. The van der Waals surface area contributed by atoms with Crippen molar-refractivity contribution >= 4 is 44.5 Å². The van der Waals surface area contributed by atoms with Gasteiger partial charge in [0.15, 0.2) is 0 Å². The van der Waals surface area contributed by atoms with E-state index < -0.39 is 0 Å². The summed E-state index contributed by atoms with van der Waals surface area (Å²) in [6.45, 7) is 0.460. The summed E-state index contributed by atoms with van der Waals surface area (Å²) in [5.41, 5.74) is 11.0. The maximum absolute atomic E-state index is 12.2. The zero-order chi connectivity index (χ0) is 21.6. The molecule has 4 aromatic rings. The number of carbonyl (C=O) groups excluding carboxylic acids is 1. The fourth-order valence-corrected chi connectivity index (χ4v) is 3.73. The maximum Gasteiger partial charge on any atom is 0.273 e. The van der Waals surface area contributed by atoms with Gasteiger partial charge in [0.1, 0.15) is 12.4 Å². The van der Waals surface area contributed by atoms with E-state index in [0.717, 1.165) is 21.3 Å². The number of carbonyl (C=O) groups is 1. The lowest BCUT2D eigenvalue weighted by Crippen LogP contribution is -2.18. The lowest BCUT2D eigenvalue weighted by Gasteiger charge is -2.11. The molecule has 0 spiro atoms. The molecule has 0 aromatic heterocycles. The molecule has 4 aromatic carbocycles. The first-order valence-electron chi connectivity index (χ1n) is 9.69. The molecule has 0 aliphatic carbocycles. The Morgan fingerprint density at radius 1 is 1.00 bits per heavy atom. The third kappa shape index (κ3) is 4.92. The highest BCUT2D eigenvalue weighted by Gasteiger charge is 2.08. The summed E-state index contributed by atoms with van der Waals surface area (Å²) in [6.07, 6.45) is 1.57. The predicted octanol–water partition coefficient (Wildman–Crippen LogP) is 5.53. The van der Waals surface area contributed by atoms with Crippen LogP contribution in [0.5, 0.6) is 5.75 Å². The number of nitrogens with one attached hydrogen (secondary N) is 1. The van der Waals surface area contributed by atoms with Gasteiger partial charge in [0.25, 0.3) is 5.91 Å². The third-order valence-electron chi connectivity index (χ3n) is 4.80. The monoisotopic (exact) mass is 473 g/mol. The lowest BCUT2D eigenvalue weighted by atomic mass is 10.1. The zero-order valence-electron chi connectivity index (χ0n) is 16.6. The number of amides is 1. The van der Waals surface area contributed by atoms with Crippen LogP contribution in [0.15, 0.2) is 94.5 Å². The summed E-state index contributed by atoms with van der Waals surface area (Å²) in [7, 11) is 0. The minimum atomic E-state index is -0.358. The van der Waals surface area contributed by atoms with E-state index in [9.17, 15) is 4.79 Å². The Morgan fingerprint density at radius 2 is 1.77 bits per heavy atom. The van der Waals surface area contributed by atoms with Crippen LogP contribution in [0.3, 0.4) is 0 Å². The number of ether oxygens (including phenoxy) is 1. The second-order valence-corrected chi connectivity index (χ2v) is 7.76. The van der Waals surface area contributed by atoms with Crippen molar-refractivity contribution in [1.29, 1.82) is 0 Å². The Hall–Kier alpha value is -3.64. The van der Waals surface area contributed by atoms with Crippen LogP contribution in [0.1, 0.15) is 21.5 Å². The first-order valence-corrected chi connectivity index (χ1v) is 10.5. The molecule has 154 valence electrons. The SMILES string of the molecule is Nc1ccccc1C(=O)N/N=C\c1ccc(OCc2cccc3ccccc23)c(Br)c1. The van der Waals surface area contributed by atoms with Crippen molar-refractivity contribution in [2.75, 3.05) is 5.73 Å². The van der Waals surface area contributed by atoms with Gasteiger partial charge in [0.2, 0.25) is 0 Å².